The maximum atomic E-state index is 15.1. The zero-order valence-electron chi connectivity index (χ0n) is 16.8. The van der Waals surface area contributed by atoms with Crippen LogP contribution in [0.5, 0.6) is 23.0 Å². The molecule has 0 saturated carbocycles. The lowest BCUT2D eigenvalue weighted by Crippen LogP contribution is -2.22. The van der Waals surface area contributed by atoms with Crippen molar-refractivity contribution >= 4 is 11.4 Å². The summed E-state index contributed by atoms with van der Waals surface area (Å²) in [5.74, 6) is -22.2. The maximum Gasteiger partial charge on any atom is 0.420 e. The zero-order valence-corrected chi connectivity index (χ0v) is 16.8. The van der Waals surface area contributed by atoms with E-state index in [2.05, 4.69) is 9.47 Å². The summed E-state index contributed by atoms with van der Waals surface area (Å²) in [6, 6.07) is 1.79. The lowest BCUT2D eigenvalue weighted by Gasteiger charge is -2.23. The molecule has 3 aromatic rings. The van der Waals surface area contributed by atoms with E-state index in [0.29, 0.717) is 24.3 Å². The molecule has 0 saturated heterocycles. The van der Waals surface area contributed by atoms with Crippen LogP contribution in [0, 0.1) is 34.9 Å². The summed E-state index contributed by atoms with van der Waals surface area (Å²) >= 11 is 0. The van der Waals surface area contributed by atoms with Gasteiger partial charge in [-0.1, -0.05) is 0 Å². The molecule has 0 radical (unpaired) electrons. The summed E-state index contributed by atoms with van der Waals surface area (Å²) in [5.41, 5.74) is 1.83. The van der Waals surface area contributed by atoms with Gasteiger partial charge in [-0.3, -0.25) is 0 Å². The molecule has 0 amide bonds. The van der Waals surface area contributed by atoms with Crippen molar-refractivity contribution in [1.82, 2.24) is 0 Å². The molecule has 0 heterocycles. The van der Waals surface area contributed by atoms with E-state index >= 15 is 4.39 Å². The summed E-state index contributed by atoms with van der Waals surface area (Å²) < 4.78 is 176. The molecule has 194 valence electrons. The van der Waals surface area contributed by atoms with Gasteiger partial charge in [0, 0.05) is 0 Å². The van der Waals surface area contributed by atoms with Gasteiger partial charge in [0.15, 0.2) is 34.8 Å². The lowest BCUT2D eigenvalue weighted by molar-refractivity contribution is -0.165. The van der Waals surface area contributed by atoms with E-state index in [1.54, 1.807) is 0 Å². The van der Waals surface area contributed by atoms with Crippen LogP contribution in [0.4, 0.5) is 64.1 Å². The van der Waals surface area contributed by atoms with Crippen LogP contribution in [0.1, 0.15) is 11.1 Å². The third-order valence-corrected chi connectivity index (χ3v) is 4.43. The third kappa shape index (κ3) is 4.61. The average molecular weight is 536 g/mol. The van der Waals surface area contributed by atoms with Gasteiger partial charge >= 0.3 is 12.4 Å². The number of hydrogen-bond donors (Lipinski definition) is 2. The number of benzene rings is 3. The smallest absolute Gasteiger partial charge is 0.420 e. The number of alkyl halides is 6. The second kappa shape index (κ2) is 8.91. The summed E-state index contributed by atoms with van der Waals surface area (Å²) in [5, 5.41) is 0. The molecule has 36 heavy (non-hydrogen) atoms. The Hall–Kier alpha value is -3.98. The van der Waals surface area contributed by atoms with Crippen molar-refractivity contribution in [3.8, 4) is 23.0 Å². The predicted molar refractivity (Wildman–Crippen MR) is 98.1 cm³/mol. The second-order valence-electron chi connectivity index (χ2n) is 6.80. The van der Waals surface area contributed by atoms with Gasteiger partial charge in [-0.25, -0.2) is 22.0 Å². The van der Waals surface area contributed by atoms with Crippen LogP contribution in [0.2, 0.25) is 0 Å². The molecular formula is C20H8F12N2O2. The van der Waals surface area contributed by atoms with Crippen molar-refractivity contribution in [2.45, 2.75) is 12.4 Å². The Bertz CT molecular complexity index is 1350. The van der Waals surface area contributed by atoms with Crippen molar-refractivity contribution in [2.24, 2.45) is 0 Å². The van der Waals surface area contributed by atoms with Gasteiger partial charge in [0.1, 0.15) is 11.1 Å². The fourth-order valence-electron chi connectivity index (χ4n) is 2.85. The number of nitrogens with two attached hydrogens (primary N) is 2. The quantitative estimate of drug-likeness (QED) is 0.271. The molecule has 0 aliphatic rings. The van der Waals surface area contributed by atoms with E-state index in [1.807, 2.05) is 0 Å². The van der Waals surface area contributed by atoms with Crippen LogP contribution in [-0.2, 0) is 12.4 Å². The number of rotatable bonds is 4. The largest absolute Gasteiger partial charge is 0.447 e. The maximum absolute atomic E-state index is 15.1. The number of anilines is 2. The molecule has 0 bridgehead atoms. The van der Waals surface area contributed by atoms with Gasteiger partial charge in [-0.05, 0) is 24.3 Å². The highest BCUT2D eigenvalue weighted by Gasteiger charge is 2.51. The van der Waals surface area contributed by atoms with Crippen LogP contribution in [0.3, 0.4) is 0 Å². The SMILES string of the molecule is Nc1ccc(F)c(Oc2c(F)c(Oc3c(F)ccc(N)c3F)c(C(F)(F)F)c(C(F)(F)F)c2F)c1F. The molecule has 0 unspecified atom stereocenters. The number of hydrogen-bond acceptors (Lipinski definition) is 4. The van der Waals surface area contributed by atoms with Gasteiger partial charge in [0.2, 0.25) is 23.1 Å². The summed E-state index contributed by atoms with van der Waals surface area (Å²) in [7, 11) is 0. The van der Waals surface area contributed by atoms with Gasteiger partial charge in [0.25, 0.3) is 0 Å². The number of nitrogen functional groups attached to an aromatic ring is 2. The molecule has 16 heteroatoms. The Labute approximate surface area is 191 Å². The van der Waals surface area contributed by atoms with E-state index in [9.17, 15) is 48.3 Å². The van der Waals surface area contributed by atoms with Crippen LogP contribution in [0.25, 0.3) is 0 Å². The van der Waals surface area contributed by atoms with E-state index < -0.39 is 92.8 Å². The highest BCUT2D eigenvalue weighted by molar-refractivity contribution is 5.57. The molecule has 4 nitrogen and oxygen atoms in total. The highest BCUT2D eigenvalue weighted by Crippen LogP contribution is 2.52. The molecule has 0 aliphatic heterocycles. The summed E-state index contributed by atoms with van der Waals surface area (Å²) in [6.45, 7) is 0. The van der Waals surface area contributed by atoms with Gasteiger partial charge in [0.05, 0.1) is 11.4 Å². The fraction of sp³-hybridized carbons (Fsp3) is 0.100. The highest BCUT2D eigenvalue weighted by atomic mass is 19.4. The first-order chi connectivity index (χ1) is 16.5. The summed E-state index contributed by atoms with van der Waals surface area (Å²) in [4.78, 5) is 0. The summed E-state index contributed by atoms with van der Waals surface area (Å²) in [6.07, 6.45) is -12.5. The van der Waals surface area contributed by atoms with E-state index in [0.717, 1.165) is 0 Å². The molecule has 0 aliphatic carbocycles. The predicted octanol–water partition coefficient (Wildman–Crippen LogP) is 7.31. The van der Waals surface area contributed by atoms with Gasteiger partial charge in [-0.15, -0.1) is 0 Å². The monoisotopic (exact) mass is 536 g/mol. The molecule has 0 atom stereocenters. The lowest BCUT2D eigenvalue weighted by atomic mass is 10.0. The van der Waals surface area contributed by atoms with Crippen LogP contribution in [-0.4, -0.2) is 0 Å². The zero-order chi connectivity index (χ0) is 27.3. The van der Waals surface area contributed by atoms with E-state index in [1.165, 1.54) is 0 Å². The molecule has 0 fully saturated rings. The van der Waals surface area contributed by atoms with Crippen molar-refractivity contribution in [3.63, 3.8) is 0 Å². The third-order valence-electron chi connectivity index (χ3n) is 4.43. The Morgan fingerprint density at radius 2 is 0.861 bits per heavy atom. The Morgan fingerprint density at radius 1 is 0.472 bits per heavy atom. The Morgan fingerprint density at radius 3 is 1.25 bits per heavy atom. The molecule has 4 N–H and O–H groups in total. The second-order valence-corrected chi connectivity index (χ2v) is 6.80. The van der Waals surface area contributed by atoms with E-state index in [4.69, 9.17) is 11.5 Å². The molecule has 3 aromatic carbocycles. The van der Waals surface area contributed by atoms with E-state index in [-0.39, 0.29) is 0 Å². The average Bonchev–Trinajstić information content (AvgIpc) is 2.75. The fourth-order valence-corrected chi connectivity index (χ4v) is 2.85. The minimum Gasteiger partial charge on any atom is -0.447 e. The molecule has 3 rings (SSSR count). The normalized spacial score (nSPS) is 12.1. The van der Waals surface area contributed by atoms with Crippen molar-refractivity contribution in [1.29, 1.82) is 0 Å². The first-order valence-electron chi connectivity index (χ1n) is 8.98. The first kappa shape index (κ1) is 26.6. The molecule has 0 spiro atoms. The van der Waals surface area contributed by atoms with Crippen molar-refractivity contribution in [3.05, 3.63) is 70.3 Å². The minimum absolute atomic E-state index is 0.308. The Kier molecular flexibility index (Phi) is 6.59. The standard InChI is InChI=1S/C20H8F12N2O2/c21-5-1-3-7(33)11(23)15(5)35-17-10(20(30,31)32)9(19(27,28)29)13(25)18(14(17)26)36-16-6(22)2-4-8(34)12(16)24/h1-4H,33-34H2. The van der Waals surface area contributed by atoms with Gasteiger partial charge < -0.3 is 20.9 Å². The first-order valence-corrected chi connectivity index (χ1v) is 8.98. The number of ether oxygens (including phenoxy) is 2. The topological polar surface area (TPSA) is 70.5 Å². The van der Waals surface area contributed by atoms with Crippen molar-refractivity contribution < 1.29 is 62.2 Å². The molecular weight excluding hydrogens is 528 g/mol. The van der Waals surface area contributed by atoms with Crippen LogP contribution in [0.15, 0.2) is 24.3 Å². The number of halogens is 12. The van der Waals surface area contributed by atoms with Gasteiger partial charge in [-0.2, -0.15) is 30.7 Å². The minimum atomic E-state index is -6.28. The Balaban J connectivity index is 2.44. The van der Waals surface area contributed by atoms with Crippen molar-refractivity contribution in [2.75, 3.05) is 11.5 Å². The van der Waals surface area contributed by atoms with Crippen LogP contribution < -0.4 is 20.9 Å². The van der Waals surface area contributed by atoms with Crippen LogP contribution >= 0.6 is 0 Å². The molecule has 0 aromatic heterocycles.